The van der Waals surface area contributed by atoms with Gasteiger partial charge < -0.3 is 0 Å². The molecule has 7 heteroatoms. The highest BCUT2D eigenvalue weighted by molar-refractivity contribution is 9.10. The summed E-state index contributed by atoms with van der Waals surface area (Å²) in [4.78, 5) is 20.9. The lowest BCUT2D eigenvalue weighted by Crippen LogP contribution is -2.14. The van der Waals surface area contributed by atoms with E-state index in [9.17, 15) is 4.79 Å². The fraction of sp³-hybridized carbons (Fsp3) is 0.250. The monoisotopic (exact) mass is 388 g/mol. The molecule has 0 radical (unpaired) electrons. The van der Waals surface area contributed by atoms with Crippen LogP contribution in [0.15, 0.2) is 40.1 Å². The van der Waals surface area contributed by atoms with Crippen LogP contribution in [0.25, 0.3) is 5.78 Å². The second-order valence-electron chi connectivity index (χ2n) is 5.43. The molecule has 1 aliphatic rings. The van der Waals surface area contributed by atoms with Crippen LogP contribution in [0, 0.1) is 0 Å². The molecule has 1 aromatic carbocycles. The van der Waals surface area contributed by atoms with Crippen LogP contribution in [0.1, 0.15) is 34.5 Å². The number of hydrogen-bond donors (Lipinski definition) is 0. The molecule has 5 nitrogen and oxygen atoms in total. The third kappa shape index (κ3) is 3.03. The van der Waals surface area contributed by atoms with E-state index in [1.54, 1.807) is 22.5 Å². The Kier molecular flexibility index (Phi) is 3.90. The Labute approximate surface area is 145 Å². The minimum atomic E-state index is 0.153. The molecular formula is C16H13BrN4OS. The predicted molar refractivity (Wildman–Crippen MR) is 91.8 cm³/mol. The SMILES string of the molecule is O=C1CCCc2nc3nc(SCc4ccc(Br)cc4)nn3cc21. The van der Waals surface area contributed by atoms with Crippen molar-refractivity contribution in [3.8, 4) is 0 Å². The number of ketones is 1. The number of carbonyl (C=O) groups is 1. The summed E-state index contributed by atoms with van der Waals surface area (Å²) in [5.41, 5.74) is 2.75. The van der Waals surface area contributed by atoms with E-state index in [2.05, 4.69) is 43.1 Å². The lowest BCUT2D eigenvalue weighted by molar-refractivity contribution is 0.0971. The molecule has 0 fully saturated rings. The van der Waals surface area contributed by atoms with Crippen molar-refractivity contribution in [3.63, 3.8) is 0 Å². The van der Waals surface area contributed by atoms with Gasteiger partial charge in [-0.2, -0.15) is 4.98 Å². The molecule has 0 saturated heterocycles. The molecule has 0 unspecified atom stereocenters. The molecule has 2 heterocycles. The van der Waals surface area contributed by atoms with Crippen LogP contribution in [-0.4, -0.2) is 25.4 Å². The van der Waals surface area contributed by atoms with Gasteiger partial charge in [-0.1, -0.05) is 39.8 Å². The van der Waals surface area contributed by atoms with Crippen molar-refractivity contribution < 1.29 is 4.79 Å². The summed E-state index contributed by atoms with van der Waals surface area (Å²) in [6, 6.07) is 8.19. The number of carbonyl (C=O) groups excluding carboxylic acids is 1. The average Bonchev–Trinajstić information content (AvgIpc) is 2.95. The van der Waals surface area contributed by atoms with Gasteiger partial charge in [-0.05, 0) is 30.5 Å². The zero-order valence-corrected chi connectivity index (χ0v) is 14.6. The summed E-state index contributed by atoms with van der Waals surface area (Å²) in [5, 5.41) is 5.11. The second-order valence-corrected chi connectivity index (χ2v) is 7.29. The zero-order valence-electron chi connectivity index (χ0n) is 12.2. The predicted octanol–water partition coefficient (Wildman–Crippen LogP) is 3.70. The van der Waals surface area contributed by atoms with Crippen molar-refractivity contribution in [2.24, 2.45) is 0 Å². The van der Waals surface area contributed by atoms with Gasteiger partial charge in [0.15, 0.2) is 5.78 Å². The topological polar surface area (TPSA) is 60.2 Å². The van der Waals surface area contributed by atoms with Gasteiger partial charge in [0, 0.05) is 22.8 Å². The molecule has 0 saturated carbocycles. The molecule has 0 aliphatic heterocycles. The molecule has 0 spiro atoms. The Bertz CT molecular complexity index is 891. The number of Topliss-reactive ketones (excluding diaryl/α,β-unsaturated/α-hetero) is 1. The van der Waals surface area contributed by atoms with Crippen molar-refractivity contribution in [2.45, 2.75) is 30.2 Å². The van der Waals surface area contributed by atoms with Gasteiger partial charge in [0.1, 0.15) is 0 Å². The molecule has 0 N–H and O–H groups in total. The highest BCUT2D eigenvalue weighted by Crippen LogP contribution is 2.23. The van der Waals surface area contributed by atoms with Crippen molar-refractivity contribution in [1.82, 2.24) is 19.6 Å². The first kappa shape index (κ1) is 14.8. The number of halogens is 1. The van der Waals surface area contributed by atoms with Crippen LogP contribution in [0.3, 0.4) is 0 Å². The summed E-state index contributed by atoms with van der Waals surface area (Å²) in [7, 11) is 0. The van der Waals surface area contributed by atoms with E-state index in [4.69, 9.17) is 0 Å². The van der Waals surface area contributed by atoms with Crippen LogP contribution in [-0.2, 0) is 12.2 Å². The van der Waals surface area contributed by atoms with Gasteiger partial charge in [0.2, 0.25) is 5.16 Å². The summed E-state index contributed by atoms with van der Waals surface area (Å²) in [6.45, 7) is 0. The maximum Gasteiger partial charge on any atom is 0.253 e. The molecule has 1 aliphatic carbocycles. The van der Waals surface area contributed by atoms with E-state index in [1.807, 2.05) is 12.1 Å². The fourth-order valence-electron chi connectivity index (χ4n) is 2.60. The van der Waals surface area contributed by atoms with E-state index in [0.29, 0.717) is 22.9 Å². The first-order valence-corrected chi connectivity index (χ1v) is 9.14. The number of hydrogen-bond acceptors (Lipinski definition) is 5. The van der Waals surface area contributed by atoms with Crippen molar-refractivity contribution >= 4 is 39.3 Å². The third-order valence-corrected chi connectivity index (χ3v) is 5.23. The Morgan fingerprint density at radius 2 is 2.00 bits per heavy atom. The molecular weight excluding hydrogens is 376 g/mol. The molecule has 4 rings (SSSR count). The quantitative estimate of drug-likeness (QED) is 0.640. The smallest absolute Gasteiger partial charge is 0.253 e. The van der Waals surface area contributed by atoms with Crippen LogP contribution >= 0.6 is 27.7 Å². The summed E-state index contributed by atoms with van der Waals surface area (Å²) in [6.07, 6.45) is 4.08. The standard InChI is InChI=1S/C16H13BrN4OS/c17-11-6-4-10(5-7-11)9-23-16-19-15-18-13-2-1-3-14(22)12(13)8-21(15)20-16/h4-8H,1-3,9H2. The van der Waals surface area contributed by atoms with Crippen LogP contribution < -0.4 is 0 Å². The van der Waals surface area contributed by atoms with Crippen molar-refractivity contribution in [2.75, 3.05) is 0 Å². The summed E-state index contributed by atoms with van der Waals surface area (Å²) in [5.74, 6) is 1.51. The second kappa shape index (κ2) is 6.05. The van der Waals surface area contributed by atoms with E-state index in [-0.39, 0.29) is 5.78 Å². The number of aryl methyl sites for hydroxylation is 1. The molecule has 0 atom stereocenters. The Morgan fingerprint density at radius 3 is 2.83 bits per heavy atom. The van der Waals surface area contributed by atoms with E-state index in [1.165, 1.54) is 5.56 Å². The van der Waals surface area contributed by atoms with Crippen molar-refractivity contribution in [1.29, 1.82) is 0 Å². The molecule has 2 aromatic heterocycles. The molecule has 3 aromatic rings. The van der Waals surface area contributed by atoms with Crippen LogP contribution in [0.2, 0.25) is 0 Å². The first-order chi connectivity index (χ1) is 11.2. The van der Waals surface area contributed by atoms with Gasteiger partial charge in [-0.3, -0.25) is 4.79 Å². The first-order valence-electron chi connectivity index (χ1n) is 7.36. The van der Waals surface area contributed by atoms with E-state index >= 15 is 0 Å². The highest BCUT2D eigenvalue weighted by atomic mass is 79.9. The fourth-order valence-corrected chi connectivity index (χ4v) is 3.65. The van der Waals surface area contributed by atoms with Crippen LogP contribution in [0.4, 0.5) is 0 Å². The number of rotatable bonds is 3. The minimum Gasteiger partial charge on any atom is -0.294 e. The van der Waals surface area contributed by atoms with Gasteiger partial charge in [-0.25, -0.2) is 9.50 Å². The van der Waals surface area contributed by atoms with Gasteiger partial charge >= 0.3 is 0 Å². The maximum absolute atomic E-state index is 12.0. The Balaban J connectivity index is 1.59. The highest BCUT2D eigenvalue weighted by Gasteiger charge is 2.20. The van der Waals surface area contributed by atoms with Gasteiger partial charge in [0.25, 0.3) is 5.78 Å². The van der Waals surface area contributed by atoms with Gasteiger partial charge in [-0.15, -0.1) is 5.10 Å². The maximum atomic E-state index is 12.0. The van der Waals surface area contributed by atoms with Crippen molar-refractivity contribution in [3.05, 3.63) is 51.8 Å². The summed E-state index contributed by atoms with van der Waals surface area (Å²) < 4.78 is 2.68. The number of thioether (sulfide) groups is 1. The average molecular weight is 389 g/mol. The molecule has 0 amide bonds. The zero-order chi connectivity index (χ0) is 15.8. The molecule has 0 bridgehead atoms. The minimum absolute atomic E-state index is 0.153. The van der Waals surface area contributed by atoms with Gasteiger partial charge in [0.05, 0.1) is 11.3 Å². The Morgan fingerprint density at radius 1 is 1.17 bits per heavy atom. The lowest BCUT2D eigenvalue weighted by Gasteiger charge is -2.12. The Hall–Kier alpha value is -1.73. The lowest BCUT2D eigenvalue weighted by atomic mass is 9.96. The number of benzene rings is 1. The van der Waals surface area contributed by atoms with Crippen LogP contribution in [0.5, 0.6) is 0 Å². The van der Waals surface area contributed by atoms with E-state index < -0.39 is 0 Å². The summed E-state index contributed by atoms with van der Waals surface area (Å²) >= 11 is 5.00. The number of nitrogens with zero attached hydrogens (tertiary/aromatic N) is 4. The third-order valence-electron chi connectivity index (χ3n) is 3.79. The number of fused-ring (bicyclic) bond motifs is 2. The van der Waals surface area contributed by atoms with E-state index in [0.717, 1.165) is 28.8 Å². The normalized spacial score (nSPS) is 14.2. The molecule has 116 valence electrons. The largest absolute Gasteiger partial charge is 0.294 e. The molecule has 23 heavy (non-hydrogen) atoms. The number of aromatic nitrogens is 4.